The summed E-state index contributed by atoms with van der Waals surface area (Å²) >= 11 is 0. The number of aliphatic imine (C=N–C) groups is 1. The lowest BCUT2D eigenvalue weighted by Crippen LogP contribution is -2.49. The number of likely N-dealkylation sites (tertiary alicyclic amines) is 1. The van der Waals surface area contributed by atoms with Crippen LogP contribution in [0, 0.1) is 6.92 Å². The average Bonchev–Trinajstić information content (AvgIpc) is 2.91. The summed E-state index contributed by atoms with van der Waals surface area (Å²) in [6.45, 7) is 11.9. The number of nitrogens with zero attached hydrogens (tertiary/aromatic N) is 4. The van der Waals surface area contributed by atoms with Gasteiger partial charge in [-0.15, -0.1) is 0 Å². The Hall–Kier alpha value is -1.63. The smallest absolute Gasteiger partial charge is 0.248 e. The number of nitrogens with one attached hydrogen (secondary N) is 2. The molecular weight excluding hydrogens is 280 g/mol. The minimum atomic E-state index is 0.404. The highest BCUT2D eigenvalue weighted by Gasteiger charge is 2.21. The lowest BCUT2D eigenvalue weighted by Gasteiger charge is -2.35. The second kappa shape index (κ2) is 8.12. The van der Waals surface area contributed by atoms with E-state index in [2.05, 4.69) is 51.4 Å². The molecule has 0 bridgehead atoms. The number of aryl methyl sites for hydroxylation is 1. The molecule has 0 spiro atoms. The van der Waals surface area contributed by atoms with Gasteiger partial charge in [-0.25, -0.2) is 4.99 Å². The van der Waals surface area contributed by atoms with Crippen LogP contribution >= 0.6 is 0 Å². The lowest BCUT2D eigenvalue weighted by molar-refractivity contribution is 0.167. The highest BCUT2D eigenvalue weighted by atomic mass is 16.5. The predicted octanol–water partition coefficient (Wildman–Crippen LogP) is 1.31. The van der Waals surface area contributed by atoms with Crippen LogP contribution in [0.15, 0.2) is 9.52 Å². The summed E-state index contributed by atoms with van der Waals surface area (Å²) in [5.41, 5.74) is 0. The van der Waals surface area contributed by atoms with Gasteiger partial charge in [0.25, 0.3) is 0 Å². The van der Waals surface area contributed by atoms with Crippen molar-refractivity contribution in [3.05, 3.63) is 11.7 Å². The molecule has 7 heteroatoms. The third-order valence-corrected chi connectivity index (χ3v) is 3.89. The van der Waals surface area contributed by atoms with E-state index in [0.717, 1.165) is 38.4 Å². The Balaban J connectivity index is 1.86. The van der Waals surface area contributed by atoms with Gasteiger partial charge in [0.05, 0.1) is 0 Å². The SMILES string of the molecule is CCNC(=NCc1nc(C)no1)NC1CCN(C(C)C)CC1. The number of guanidine groups is 1. The molecule has 1 aliphatic rings. The number of hydrogen-bond acceptors (Lipinski definition) is 5. The van der Waals surface area contributed by atoms with Gasteiger partial charge >= 0.3 is 0 Å². The summed E-state index contributed by atoms with van der Waals surface area (Å²) in [6.07, 6.45) is 2.28. The van der Waals surface area contributed by atoms with Gasteiger partial charge < -0.3 is 20.1 Å². The molecule has 1 aromatic heterocycles. The summed E-state index contributed by atoms with van der Waals surface area (Å²) in [5, 5.41) is 10.6. The zero-order valence-corrected chi connectivity index (χ0v) is 14.1. The fraction of sp³-hybridized carbons (Fsp3) is 0.800. The summed E-state index contributed by atoms with van der Waals surface area (Å²) < 4.78 is 5.09. The number of aromatic nitrogens is 2. The fourth-order valence-electron chi connectivity index (χ4n) is 2.62. The van der Waals surface area contributed by atoms with Crippen molar-refractivity contribution in [3.8, 4) is 0 Å². The van der Waals surface area contributed by atoms with Crippen LogP contribution in [0.1, 0.15) is 45.3 Å². The third-order valence-electron chi connectivity index (χ3n) is 3.89. The number of hydrogen-bond donors (Lipinski definition) is 2. The molecule has 0 saturated carbocycles. The summed E-state index contributed by atoms with van der Waals surface area (Å²) in [7, 11) is 0. The van der Waals surface area contributed by atoms with E-state index in [9.17, 15) is 0 Å². The molecule has 124 valence electrons. The topological polar surface area (TPSA) is 78.6 Å². The zero-order valence-electron chi connectivity index (χ0n) is 14.1. The molecule has 1 saturated heterocycles. The monoisotopic (exact) mass is 308 g/mol. The first-order valence-electron chi connectivity index (χ1n) is 8.16. The van der Waals surface area contributed by atoms with Crippen molar-refractivity contribution < 1.29 is 4.52 Å². The van der Waals surface area contributed by atoms with Crippen LogP contribution in [0.2, 0.25) is 0 Å². The van der Waals surface area contributed by atoms with Gasteiger partial charge in [0.1, 0.15) is 6.54 Å². The van der Waals surface area contributed by atoms with E-state index in [-0.39, 0.29) is 0 Å². The van der Waals surface area contributed by atoms with Crippen LogP contribution in [0.4, 0.5) is 0 Å². The molecular formula is C15H28N6O. The summed E-state index contributed by atoms with van der Waals surface area (Å²) in [4.78, 5) is 11.2. The van der Waals surface area contributed by atoms with Gasteiger partial charge in [0.15, 0.2) is 11.8 Å². The predicted molar refractivity (Wildman–Crippen MR) is 86.7 cm³/mol. The minimum absolute atomic E-state index is 0.404. The van der Waals surface area contributed by atoms with Crippen LogP contribution < -0.4 is 10.6 Å². The Labute approximate surface area is 132 Å². The maximum atomic E-state index is 5.09. The van der Waals surface area contributed by atoms with Crippen molar-refractivity contribution in [2.45, 2.75) is 59.2 Å². The molecule has 1 fully saturated rings. The van der Waals surface area contributed by atoms with E-state index in [4.69, 9.17) is 4.52 Å². The van der Waals surface area contributed by atoms with Crippen molar-refractivity contribution in [2.24, 2.45) is 4.99 Å². The standard InChI is InChI=1S/C15H28N6O/c1-5-16-15(17-10-14-18-12(4)20-22-14)19-13-6-8-21(9-7-13)11(2)3/h11,13H,5-10H2,1-4H3,(H2,16,17,19). The molecule has 0 amide bonds. The molecule has 1 aliphatic heterocycles. The van der Waals surface area contributed by atoms with Crippen LogP contribution in [-0.4, -0.2) is 52.7 Å². The first kappa shape index (κ1) is 16.7. The first-order chi connectivity index (χ1) is 10.6. The van der Waals surface area contributed by atoms with Gasteiger partial charge in [-0.3, -0.25) is 0 Å². The third kappa shape index (κ3) is 4.98. The Morgan fingerprint density at radius 3 is 2.68 bits per heavy atom. The zero-order chi connectivity index (χ0) is 15.9. The van der Waals surface area contributed by atoms with Gasteiger partial charge in [0, 0.05) is 31.7 Å². The normalized spacial score (nSPS) is 18.0. The average molecular weight is 308 g/mol. The highest BCUT2D eigenvalue weighted by Crippen LogP contribution is 2.12. The van der Waals surface area contributed by atoms with Crippen molar-refractivity contribution in [2.75, 3.05) is 19.6 Å². The Morgan fingerprint density at radius 1 is 1.41 bits per heavy atom. The largest absolute Gasteiger partial charge is 0.357 e. The van der Waals surface area contributed by atoms with Gasteiger partial charge in [-0.1, -0.05) is 5.16 Å². The Bertz CT molecular complexity index is 476. The molecule has 1 aromatic rings. The van der Waals surface area contributed by atoms with Gasteiger partial charge in [0.2, 0.25) is 5.89 Å². The maximum Gasteiger partial charge on any atom is 0.248 e. The van der Waals surface area contributed by atoms with E-state index in [1.54, 1.807) is 0 Å². The summed E-state index contributed by atoms with van der Waals surface area (Å²) in [5.74, 6) is 2.01. The van der Waals surface area contributed by atoms with Crippen molar-refractivity contribution >= 4 is 5.96 Å². The molecule has 0 radical (unpaired) electrons. The molecule has 2 N–H and O–H groups in total. The number of piperidine rings is 1. The fourth-order valence-corrected chi connectivity index (χ4v) is 2.62. The molecule has 0 aromatic carbocycles. The van der Waals surface area contributed by atoms with Crippen molar-refractivity contribution in [1.82, 2.24) is 25.7 Å². The Morgan fingerprint density at radius 2 is 2.14 bits per heavy atom. The van der Waals surface area contributed by atoms with Crippen molar-refractivity contribution in [1.29, 1.82) is 0 Å². The molecule has 7 nitrogen and oxygen atoms in total. The Kier molecular flexibility index (Phi) is 6.18. The van der Waals surface area contributed by atoms with E-state index < -0.39 is 0 Å². The minimum Gasteiger partial charge on any atom is -0.357 e. The van der Waals surface area contributed by atoms with Crippen LogP contribution in [0.3, 0.4) is 0 Å². The van der Waals surface area contributed by atoms with E-state index in [1.807, 2.05) is 6.92 Å². The van der Waals surface area contributed by atoms with E-state index >= 15 is 0 Å². The van der Waals surface area contributed by atoms with Crippen LogP contribution in [-0.2, 0) is 6.54 Å². The van der Waals surface area contributed by atoms with Gasteiger partial charge in [-0.05, 0) is 40.5 Å². The molecule has 0 atom stereocenters. The first-order valence-corrected chi connectivity index (χ1v) is 8.16. The highest BCUT2D eigenvalue weighted by molar-refractivity contribution is 5.80. The molecule has 2 rings (SSSR count). The van der Waals surface area contributed by atoms with Crippen LogP contribution in [0.5, 0.6) is 0 Å². The molecule has 2 heterocycles. The van der Waals surface area contributed by atoms with E-state index in [1.165, 1.54) is 0 Å². The van der Waals surface area contributed by atoms with Crippen LogP contribution in [0.25, 0.3) is 0 Å². The van der Waals surface area contributed by atoms with E-state index in [0.29, 0.717) is 30.3 Å². The second-order valence-corrected chi connectivity index (χ2v) is 5.98. The maximum absolute atomic E-state index is 5.09. The van der Waals surface area contributed by atoms with Crippen molar-refractivity contribution in [3.63, 3.8) is 0 Å². The quantitative estimate of drug-likeness (QED) is 0.631. The molecule has 0 aliphatic carbocycles. The molecule has 0 unspecified atom stereocenters. The lowest BCUT2D eigenvalue weighted by atomic mass is 10.0. The molecule has 22 heavy (non-hydrogen) atoms. The number of rotatable bonds is 5. The van der Waals surface area contributed by atoms with Gasteiger partial charge in [-0.2, -0.15) is 4.98 Å². The second-order valence-electron chi connectivity index (χ2n) is 5.98. The summed E-state index contributed by atoms with van der Waals surface area (Å²) in [6, 6.07) is 1.10.